The van der Waals surface area contributed by atoms with E-state index in [1.807, 2.05) is 12.3 Å². The third-order valence-corrected chi connectivity index (χ3v) is 6.47. The maximum Gasteiger partial charge on any atom is 0.186 e. The van der Waals surface area contributed by atoms with Gasteiger partial charge in [0.25, 0.3) is 0 Å². The minimum absolute atomic E-state index is 0.230. The lowest BCUT2D eigenvalue weighted by molar-refractivity contribution is -0.00521. The average molecular weight is 458 g/mol. The highest BCUT2D eigenvalue weighted by Crippen LogP contribution is 2.38. The van der Waals surface area contributed by atoms with Gasteiger partial charge in [-0.25, -0.2) is 0 Å². The van der Waals surface area contributed by atoms with Gasteiger partial charge in [0, 0.05) is 48.0 Å². The van der Waals surface area contributed by atoms with Crippen LogP contribution in [0.25, 0.3) is 27.6 Å². The van der Waals surface area contributed by atoms with Crippen LogP contribution in [0.4, 0.5) is 5.69 Å². The Kier molecular flexibility index (Phi) is 6.16. The fraction of sp³-hybridized carbons (Fsp3) is 0.321. The molecule has 1 fully saturated rings. The van der Waals surface area contributed by atoms with Gasteiger partial charge in [-0.2, -0.15) is 0 Å². The summed E-state index contributed by atoms with van der Waals surface area (Å²) in [4.78, 5) is 7.27. The van der Waals surface area contributed by atoms with Gasteiger partial charge in [0.2, 0.25) is 0 Å². The molecule has 2 aliphatic rings. The maximum atomic E-state index is 5.93. The molecule has 1 aromatic heterocycles. The lowest BCUT2D eigenvalue weighted by atomic mass is 9.97. The number of fused-ring (bicyclic) bond motifs is 1. The molecular weight excluding hydrogens is 426 g/mol. The molecule has 0 spiro atoms. The number of ether oxygens (including phenoxy) is 3. The Morgan fingerprint density at radius 1 is 0.941 bits per heavy atom. The summed E-state index contributed by atoms with van der Waals surface area (Å²) in [7, 11) is 3.39. The first-order chi connectivity index (χ1) is 16.6. The minimum Gasteiger partial charge on any atom is -0.495 e. The van der Waals surface area contributed by atoms with Gasteiger partial charge in [-0.15, -0.1) is 0 Å². The number of benzene rings is 2. The number of allylic oxidation sites excluding steroid dienone is 2. The molecule has 0 amide bonds. The summed E-state index contributed by atoms with van der Waals surface area (Å²) < 4.78 is 17.1. The Balaban J connectivity index is 1.50. The van der Waals surface area contributed by atoms with Crippen molar-refractivity contribution in [3.63, 3.8) is 0 Å². The standard InChI is InChI=1S/C28H31N3O3/c1-18-16-31(17-19(2)34-18)22-11-8-20(9-12-22)25-15-30-27-23(6-5-7-24(27)28(25)33-4)21-10-13-26(32-3)29-14-21/h5-13,15,18-19,29H,14,16-17H2,1-4H3/t18-,19?/m0/s1. The summed E-state index contributed by atoms with van der Waals surface area (Å²) in [5.41, 5.74) is 6.46. The van der Waals surface area contributed by atoms with Gasteiger partial charge in [-0.05, 0) is 49.3 Å². The van der Waals surface area contributed by atoms with E-state index in [1.54, 1.807) is 14.2 Å². The lowest BCUT2D eigenvalue weighted by Gasteiger charge is -2.36. The van der Waals surface area contributed by atoms with Gasteiger partial charge < -0.3 is 24.4 Å². The van der Waals surface area contributed by atoms with Crippen molar-refractivity contribution < 1.29 is 14.2 Å². The zero-order chi connectivity index (χ0) is 23.7. The molecule has 2 atom stereocenters. The number of morpholine rings is 1. The van der Waals surface area contributed by atoms with Crippen molar-refractivity contribution in [2.75, 3.05) is 38.8 Å². The number of pyridine rings is 1. The number of methoxy groups -OCH3 is 2. The first-order valence-corrected chi connectivity index (χ1v) is 11.7. The van der Waals surface area contributed by atoms with Crippen molar-refractivity contribution >= 4 is 22.2 Å². The second-order valence-electron chi connectivity index (χ2n) is 8.90. The van der Waals surface area contributed by atoms with Crippen LogP contribution in [0.3, 0.4) is 0 Å². The van der Waals surface area contributed by atoms with Crippen molar-refractivity contribution in [1.29, 1.82) is 0 Å². The number of para-hydroxylation sites is 1. The van der Waals surface area contributed by atoms with Crippen LogP contribution in [0.15, 0.2) is 66.7 Å². The van der Waals surface area contributed by atoms with Gasteiger partial charge in [0.15, 0.2) is 5.88 Å². The molecule has 1 N–H and O–H groups in total. The SMILES string of the molecule is COC1=CC=C(c2cccc3c(OC)c(-c4ccc(N5CC(C)O[C@@H](C)C5)cc4)cnc23)CN1. The van der Waals surface area contributed by atoms with Crippen molar-refractivity contribution in [1.82, 2.24) is 10.3 Å². The third-order valence-electron chi connectivity index (χ3n) is 6.47. The molecule has 0 radical (unpaired) electrons. The van der Waals surface area contributed by atoms with Gasteiger partial charge in [-0.3, -0.25) is 4.98 Å². The molecule has 2 aliphatic heterocycles. The number of nitrogens with one attached hydrogen (secondary N) is 1. The average Bonchev–Trinajstić information content (AvgIpc) is 2.87. The van der Waals surface area contributed by atoms with Crippen molar-refractivity contribution in [3.8, 4) is 16.9 Å². The van der Waals surface area contributed by atoms with E-state index in [2.05, 4.69) is 72.6 Å². The summed E-state index contributed by atoms with van der Waals surface area (Å²) in [6, 6.07) is 14.9. The van der Waals surface area contributed by atoms with Gasteiger partial charge in [0.05, 0.1) is 31.9 Å². The van der Waals surface area contributed by atoms with Crippen molar-refractivity contribution in [3.05, 3.63) is 72.3 Å². The van der Waals surface area contributed by atoms with Crippen LogP contribution in [-0.2, 0) is 9.47 Å². The van der Waals surface area contributed by atoms with Crippen LogP contribution in [-0.4, -0.2) is 51.0 Å². The van der Waals surface area contributed by atoms with Crippen molar-refractivity contribution in [2.24, 2.45) is 0 Å². The normalized spacial score (nSPS) is 20.4. The highest BCUT2D eigenvalue weighted by Gasteiger charge is 2.23. The van der Waals surface area contributed by atoms with E-state index in [1.165, 1.54) is 5.69 Å². The highest BCUT2D eigenvalue weighted by atomic mass is 16.5. The predicted octanol–water partition coefficient (Wildman–Crippen LogP) is 5.00. The summed E-state index contributed by atoms with van der Waals surface area (Å²) in [6.07, 6.45) is 6.41. The molecule has 6 heteroatoms. The Bertz CT molecular complexity index is 1240. The molecule has 1 saturated heterocycles. The molecule has 0 aliphatic carbocycles. The lowest BCUT2D eigenvalue weighted by Crippen LogP contribution is -2.45. The van der Waals surface area contributed by atoms with Crippen LogP contribution in [0.1, 0.15) is 19.4 Å². The first kappa shape index (κ1) is 22.3. The third kappa shape index (κ3) is 4.21. The fourth-order valence-corrected chi connectivity index (χ4v) is 4.93. The highest BCUT2D eigenvalue weighted by molar-refractivity contribution is 5.98. The Morgan fingerprint density at radius 3 is 2.35 bits per heavy atom. The van der Waals surface area contributed by atoms with E-state index in [-0.39, 0.29) is 12.2 Å². The van der Waals surface area contributed by atoms with Crippen LogP contribution in [0.2, 0.25) is 0 Å². The van der Waals surface area contributed by atoms with Gasteiger partial charge in [-0.1, -0.05) is 30.3 Å². The van der Waals surface area contributed by atoms with Crippen LogP contribution in [0.5, 0.6) is 5.75 Å². The molecule has 3 heterocycles. The summed E-state index contributed by atoms with van der Waals surface area (Å²) >= 11 is 0. The first-order valence-electron chi connectivity index (χ1n) is 11.7. The molecule has 0 bridgehead atoms. The van der Waals surface area contributed by atoms with Crippen LogP contribution in [0, 0.1) is 0 Å². The van der Waals surface area contributed by atoms with Crippen molar-refractivity contribution in [2.45, 2.75) is 26.1 Å². The molecule has 6 nitrogen and oxygen atoms in total. The number of dihydropyridines is 1. The topological polar surface area (TPSA) is 55.9 Å². The Morgan fingerprint density at radius 2 is 1.71 bits per heavy atom. The quantitative estimate of drug-likeness (QED) is 0.582. The minimum atomic E-state index is 0.230. The largest absolute Gasteiger partial charge is 0.495 e. The molecule has 2 aromatic carbocycles. The van der Waals surface area contributed by atoms with E-state index in [9.17, 15) is 0 Å². The number of hydrogen-bond donors (Lipinski definition) is 1. The molecular formula is C28H31N3O3. The fourth-order valence-electron chi connectivity index (χ4n) is 4.93. The van der Waals surface area contributed by atoms with Crippen LogP contribution < -0.4 is 15.0 Å². The van der Waals surface area contributed by atoms with E-state index in [4.69, 9.17) is 19.2 Å². The second-order valence-corrected chi connectivity index (χ2v) is 8.90. The number of anilines is 1. The Hall–Kier alpha value is -3.51. The summed E-state index contributed by atoms with van der Waals surface area (Å²) in [5, 5.41) is 4.29. The van der Waals surface area contributed by atoms with E-state index >= 15 is 0 Å². The molecule has 1 unspecified atom stereocenters. The Labute approximate surface area is 200 Å². The summed E-state index contributed by atoms with van der Waals surface area (Å²) in [6.45, 7) is 6.75. The van der Waals surface area contributed by atoms with Gasteiger partial charge >= 0.3 is 0 Å². The second kappa shape index (κ2) is 9.39. The molecule has 3 aromatic rings. The number of hydrogen-bond acceptors (Lipinski definition) is 6. The zero-order valence-corrected chi connectivity index (χ0v) is 20.2. The molecule has 176 valence electrons. The maximum absolute atomic E-state index is 5.93. The molecule has 34 heavy (non-hydrogen) atoms. The summed E-state index contributed by atoms with van der Waals surface area (Å²) in [5.74, 6) is 1.60. The number of nitrogens with zero attached hydrogens (tertiary/aromatic N) is 2. The monoisotopic (exact) mass is 457 g/mol. The molecule has 5 rings (SSSR count). The predicted molar refractivity (Wildman–Crippen MR) is 137 cm³/mol. The van der Waals surface area contributed by atoms with E-state index in [0.717, 1.165) is 57.9 Å². The number of rotatable bonds is 5. The van der Waals surface area contributed by atoms with Gasteiger partial charge in [0.1, 0.15) is 5.75 Å². The van der Waals surface area contributed by atoms with E-state index < -0.39 is 0 Å². The van der Waals surface area contributed by atoms with Crippen LogP contribution >= 0.6 is 0 Å². The smallest absolute Gasteiger partial charge is 0.186 e. The number of aromatic nitrogens is 1. The zero-order valence-electron chi connectivity index (χ0n) is 20.2. The molecule has 0 saturated carbocycles. The van der Waals surface area contributed by atoms with E-state index in [0.29, 0.717) is 6.54 Å².